The highest BCUT2D eigenvalue weighted by Gasteiger charge is 2.15. The highest BCUT2D eigenvalue weighted by atomic mass is 31.2. The van der Waals surface area contributed by atoms with Crippen LogP contribution >= 0.6 is 7.60 Å². The minimum atomic E-state index is -3.88. The Bertz CT molecular complexity index is 1660. The highest BCUT2D eigenvalue weighted by molar-refractivity contribution is 7.50. The van der Waals surface area contributed by atoms with Crippen molar-refractivity contribution in [1.82, 2.24) is 5.32 Å². The number of fused-ring (bicyclic) bond motifs is 2. The molecule has 0 aliphatic rings. The first kappa shape index (κ1) is 25.2. The van der Waals surface area contributed by atoms with Gasteiger partial charge in [0.1, 0.15) is 7.60 Å². The highest BCUT2D eigenvalue weighted by Crippen LogP contribution is 2.40. The van der Waals surface area contributed by atoms with E-state index in [1.807, 2.05) is 0 Å². The molecule has 188 valence electrons. The summed E-state index contributed by atoms with van der Waals surface area (Å²) in [6, 6.07) is 22.9. The second kappa shape index (κ2) is 10.5. The van der Waals surface area contributed by atoms with E-state index in [4.69, 9.17) is 9.26 Å². The Hall–Kier alpha value is -3.46. The summed E-state index contributed by atoms with van der Waals surface area (Å²) in [4.78, 5) is 23.7. The van der Waals surface area contributed by atoms with Crippen molar-refractivity contribution in [3.63, 3.8) is 0 Å². The largest absolute Gasteiger partial charge is 0.779 e. The molecule has 0 radical (unpaired) electrons. The van der Waals surface area contributed by atoms with Gasteiger partial charge in [-0.05, 0) is 49.2 Å². The van der Waals surface area contributed by atoms with Crippen molar-refractivity contribution in [1.29, 1.82) is 0 Å². The molecule has 0 fully saturated rings. The summed E-state index contributed by atoms with van der Waals surface area (Å²) in [6.07, 6.45) is 0.552. The predicted octanol–water partition coefficient (Wildman–Crippen LogP) is 5.20. The van der Waals surface area contributed by atoms with Gasteiger partial charge >= 0.3 is 0 Å². The maximum absolute atomic E-state index is 12.4. The molecule has 0 aliphatic heterocycles. The molecule has 1 N–H and O–H groups in total. The van der Waals surface area contributed by atoms with Gasteiger partial charge in [0.25, 0.3) is 0 Å². The molecule has 6 nitrogen and oxygen atoms in total. The van der Waals surface area contributed by atoms with E-state index in [1.165, 1.54) is 44.8 Å². The zero-order valence-corrected chi connectivity index (χ0v) is 21.6. The van der Waals surface area contributed by atoms with Crippen LogP contribution < -0.4 is 10.2 Å². The van der Waals surface area contributed by atoms with Crippen LogP contribution in [0.2, 0.25) is 0 Å². The minimum absolute atomic E-state index is 0.148. The number of nitrogens with one attached hydrogen (secondary N) is 1. The lowest BCUT2D eigenvalue weighted by Crippen LogP contribution is -2.41. The number of methoxy groups -OCH3 is 1. The fraction of sp³-hybridized carbons (Fsp3) is 0.233. The van der Waals surface area contributed by atoms with Gasteiger partial charge in [0.15, 0.2) is 0 Å². The number of carbonyl (C=O) groups is 1. The van der Waals surface area contributed by atoms with Gasteiger partial charge in [-0.15, -0.1) is 0 Å². The maximum atomic E-state index is 12.4. The summed E-state index contributed by atoms with van der Waals surface area (Å²) in [6.45, 7) is 0.977. The summed E-state index contributed by atoms with van der Waals surface area (Å²) in [5.74, 6) is 6.15. The van der Waals surface area contributed by atoms with Crippen molar-refractivity contribution in [2.75, 3.05) is 27.0 Å². The lowest BCUT2D eigenvalue weighted by molar-refractivity contribution is -0.197. The topological polar surface area (TPSA) is 87.7 Å². The van der Waals surface area contributed by atoms with E-state index in [0.717, 1.165) is 17.6 Å². The van der Waals surface area contributed by atoms with Gasteiger partial charge in [0.05, 0.1) is 19.3 Å². The van der Waals surface area contributed by atoms with Crippen LogP contribution in [-0.4, -0.2) is 38.9 Å². The van der Waals surface area contributed by atoms with E-state index in [9.17, 15) is 14.3 Å². The second-order valence-electron chi connectivity index (χ2n) is 9.19. The third-order valence-electron chi connectivity index (χ3n) is 6.47. The summed E-state index contributed by atoms with van der Waals surface area (Å²) < 4.78 is 21.1. The number of hydrogen-bond acceptors (Lipinski definition) is 5. The van der Waals surface area contributed by atoms with Gasteiger partial charge in [-0.3, -0.25) is 4.79 Å². The summed E-state index contributed by atoms with van der Waals surface area (Å²) in [7, 11) is -2.40. The molecule has 0 aliphatic carbocycles. The van der Waals surface area contributed by atoms with Gasteiger partial charge in [0.2, 0.25) is 5.91 Å². The van der Waals surface area contributed by atoms with Crippen molar-refractivity contribution in [2.24, 2.45) is 0 Å². The van der Waals surface area contributed by atoms with E-state index in [2.05, 4.69) is 83.9 Å². The molecule has 5 rings (SSSR count). The SMILES string of the molecule is COC[C@@H](COP(C)(=O)[O-])NC(=O)CCC#Cc1ccc2c3cccc4cccc(c5cccc1c52)c43. The molecule has 5 aromatic rings. The molecule has 0 aromatic heterocycles. The first-order valence-electron chi connectivity index (χ1n) is 12.1. The van der Waals surface area contributed by atoms with Crippen molar-refractivity contribution in [3.8, 4) is 11.8 Å². The van der Waals surface area contributed by atoms with Crippen LogP contribution in [0.3, 0.4) is 0 Å². The number of carbonyl (C=O) groups excluding carboxylic acids is 1. The second-order valence-corrected chi connectivity index (χ2v) is 11.0. The van der Waals surface area contributed by atoms with Crippen LogP contribution in [0.5, 0.6) is 0 Å². The molecule has 0 saturated carbocycles. The smallest absolute Gasteiger partial charge is 0.221 e. The Morgan fingerprint density at radius 1 is 0.919 bits per heavy atom. The normalized spacial score (nSPS) is 14.0. The average Bonchev–Trinajstić information content (AvgIpc) is 2.88. The van der Waals surface area contributed by atoms with Crippen LogP contribution in [0.4, 0.5) is 0 Å². The third kappa shape index (κ3) is 5.32. The van der Waals surface area contributed by atoms with E-state index in [-0.39, 0.29) is 25.5 Å². The molecule has 0 heterocycles. The molecule has 37 heavy (non-hydrogen) atoms. The van der Waals surface area contributed by atoms with Crippen LogP contribution in [0.15, 0.2) is 66.7 Å². The molecule has 7 heteroatoms. The summed E-state index contributed by atoms with van der Waals surface area (Å²) >= 11 is 0. The molecule has 0 bridgehead atoms. The standard InChI is InChI=1S/C30H28NO5P/c1-35-18-22(19-36-37(2,33)34)31-28(32)15-4-3-8-20-16-17-27-25-13-6-10-21-9-5-12-24(29(21)25)26-14-7-11-23(20)30(26)27/h5-7,9-14,16-17,22H,4,15,18-19H2,1-2H3,(H,31,32)(H,33,34)/p-1/t22-/m0/s1. The van der Waals surface area contributed by atoms with E-state index < -0.39 is 13.6 Å². The molecule has 0 saturated heterocycles. The fourth-order valence-corrected chi connectivity index (χ4v) is 5.40. The van der Waals surface area contributed by atoms with E-state index in [1.54, 1.807) is 0 Å². The quantitative estimate of drug-likeness (QED) is 0.134. The molecule has 0 spiro atoms. The molecule has 1 amide bonds. The van der Waals surface area contributed by atoms with E-state index in [0.29, 0.717) is 6.42 Å². The van der Waals surface area contributed by atoms with Gasteiger partial charge in [-0.25, -0.2) is 0 Å². The number of rotatable bonds is 8. The Kier molecular flexibility index (Phi) is 7.15. The van der Waals surface area contributed by atoms with Crippen LogP contribution in [0.1, 0.15) is 18.4 Å². The monoisotopic (exact) mass is 512 g/mol. The molecule has 2 atom stereocenters. The first-order chi connectivity index (χ1) is 17.9. The maximum Gasteiger partial charge on any atom is 0.221 e. The van der Waals surface area contributed by atoms with Crippen molar-refractivity contribution < 1.29 is 23.5 Å². The molecule has 1 unspecified atom stereocenters. The van der Waals surface area contributed by atoms with Crippen molar-refractivity contribution in [3.05, 3.63) is 72.3 Å². The van der Waals surface area contributed by atoms with Gasteiger partial charge < -0.3 is 24.0 Å². The lowest BCUT2D eigenvalue weighted by Gasteiger charge is -2.23. The Morgan fingerprint density at radius 2 is 1.54 bits per heavy atom. The van der Waals surface area contributed by atoms with Crippen LogP contribution in [0, 0.1) is 11.8 Å². The number of ether oxygens (including phenoxy) is 1. The predicted molar refractivity (Wildman–Crippen MR) is 147 cm³/mol. The first-order valence-corrected chi connectivity index (χ1v) is 14.1. The number of amides is 1. The average molecular weight is 513 g/mol. The van der Waals surface area contributed by atoms with Crippen molar-refractivity contribution >= 4 is 56.6 Å². The minimum Gasteiger partial charge on any atom is -0.779 e. The summed E-state index contributed by atoms with van der Waals surface area (Å²) in [5.41, 5.74) is 0.923. The van der Waals surface area contributed by atoms with E-state index >= 15 is 0 Å². The van der Waals surface area contributed by atoms with Gasteiger partial charge in [-0.2, -0.15) is 0 Å². The molecular formula is C30H27NO5P-. The lowest BCUT2D eigenvalue weighted by atomic mass is 9.88. The zero-order valence-electron chi connectivity index (χ0n) is 20.7. The van der Waals surface area contributed by atoms with Crippen LogP contribution in [0.25, 0.3) is 43.1 Å². The van der Waals surface area contributed by atoms with Gasteiger partial charge in [0, 0.05) is 32.2 Å². The summed E-state index contributed by atoms with van der Waals surface area (Å²) in [5, 5.41) is 12.4. The van der Waals surface area contributed by atoms with Crippen LogP contribution in [-0.2, 0) is 18.6 Å². The van der Waals surface area contributed by atoms with Gasteiger partial charge in [-0.1, -0.05) is 72.5 Å². The Labute approximate surface area is 215 Å². The number of hydrogen-bond donors (Lipinski definition) is 1. The Morgan fingerprint density at radius 3 is 2.22 bits per heavy atom. The molecule has 5 aromatic carbocycles. The third-order valence-corrected chi connectivity index (χ3v) is 7.09. The Balaban J connectivity index is 1.38. The number of benzene rings is 5. The molecular weight excluding hydrogens is 485 g/mol. The zero-order chi connectivity index (χ0) is 26.0. The van der Waals surface area contributed by atoms with Crippen molar-refractivity contribution in [2.45, 2.75) is 18.9 Å². The fourth-order valence-electron chi connectivity index (χ4n) is 4.95.